The summed E-state index contributed by atoms with van der Waals surface area (Å²) in [4.78, 5) is 10.6. The number of amides is 1. The van der Waals surface area contributed by atoms with E-state index in [-0.39, 0.29) is 5.69 Å². The Morgan fingerprint density at radius 1 is 1.57 bits per heavy atom. The van der Waals surface area contributed by atoms with Crippen LogP contribution in [0.5, 0.6) is 0 Å². The van der Waals surface area contributed by atoms with Crippen molar-refractivity contribution in [1.29, 1.82) is 0 Å². The van der Waals surface area contributed by atoms with Crippen LogP contribution in [0.3, 0.4) is 0 Å². The summed E-state index contributed by atoms with van der Waals surface area (Å²) in [5, 5.41) is 10.6. The van der Waals surface area contributed by atoms with Crippen molar-refractivity contribution in [2.24, 2.45) is 5.73 Å². The first-order valence-corrected chi connectivity index (χ1v) is 4.18. The van der Waals surface area contributed by atoms with Gasteiger partial charge in [-0.1, -0.05) is 18.2 Å². The van der Waals surface area contributed by atoms with Crippen molar-refractivity contribution in [2.75, 3.05) is 11.9 Å². The van der Waals surface area contributed by atoms with Gasteiger partial charge >= 0.3 is 0 Å². The molecule has 0 radical (unpaired) electrons. The zero-order valence-electron chi connectivity index (χ0n) is 7.33. The van der Waals surface area contributed by atoms with Gasteiger partial charge in [0, 0.05) is 5.03 Å². The van der Waals surface area contributed by atoms with Crippen molar-refractivity contribution in [3.8, 4) is 0 Å². The first kappa shape index (κ1) is 10.5. The number of carbonyl (C=O) groups is 1. The number of nitrogens with zero attached hydrogens (tertiary/aromatic N) is 2. The quantitative estimate of drug-likeness (QED) is 0.772. The lowest BCUT2D eigenvalue weighted by atomic mass is 10.4. The second-order valence-corrected chi connectivity index (χ2v) is 3.07. The lowest BCUT2D eigenvalue weighted by Gasteiger charge is -2.02. The molecule has 0 atom stereocenters. The van der Waals surface area contributed by atoms with Gasteiger partial charge in [0.25, 0.3) is 5.91 Å². The van der Waals surface area contributed by atoms with E-state index in [4.69, 9.17) is 17.3 Å². The summed E-state index contributed by atoms with van der Waals surface area (Å²) in [6.45, 7) is 3.89. The molecular formula is C8H9ClN4O. The number of hydrogen-bond donors (Lipinski definition) is 2. The van der Waals surface area contributed by atoms with Crippen LogP contribution in [0.15, 0.2) is 23.7 Å². The minimum absolute atomic E-state index is 0.125. The van der Waals surface area contributed by atoms with Gasteiger partial charge in [-0.25, -0.2) is 0 Å². The molecular weight excluding hydrogens is 204 g/mol. The monoisotopic (exact) mass is 212 g/mol. The van der Waals surface area contributed by atoms with Crippen LogP contribution in [-0.4, -0.2) is 22.6 Å². The van der Waals surface area contributed by atoms with E-state index in [1.165, 1.54) is 6.07 Å². The summed E-state index contributed by atoms with van der Waals surface area (Å²) in [5.74, 6) is -0.0948. The van der Waals surface area contributed by atoms with Gasteiger partial charge in [0.15, 0.2) is 5.69 Å². The Labute approximate surface area is 86.0 Å². The highest BCUT2D eigenvalue weighted by Crippen LogP contribution is 2.03. The van der Waals surface area contributed by atoms with E-state index in [0.29, 0.717) is 17.4 Å². The largest absolute Gasteiger partial charge is 0.364 e. The minimum Gasteiger partial charge on any atom is -0.364 e. The molecule has 3 N–H and O–H groups in total. The third-order valence-electron chi connectivity index (χ3n) is 1.38. The number of rotatable bonds is 4. The van der Waals surface area contributed by atoms with Gasteiger partial charge in [-0.15, -0.1) is 10.2 Å². The van der Waals surface area contributed by atoms with E-state index in [9.17, 15) is 4.79 Å². The average molecular weight is 213 g/mol. The van der Waals surface area contributed by atoms with Crippen LogP contribution in [-0.2, 0) is 0 Å². The Balaban J connectivity index is 2.64. The fourth-order valence-electron chi connectivity index (χ4n) is 0.744. The molecule has 1 amide bonds. The van der Waals surface area contributed by atoms with Gasteiger partial charge in [-0.2, -0.15) is 0 Å². The smallest absolute Gasteiger partial charge is 0.269 e. The summed E-state index contributed by atoms with van der Waals surface area (Å²) in [7, 11) is 0. The van der Waals surface area contributed by atoms with Crippen molar-refractivity contribution in [1.82, 2.24) is 10.2 Å². The number of halogens is 1. The van der Waals surface area contributed by atoms with Crippen molar-refractivity contribution in [3.05, 3.63) is 29.4 Å². The maximum Gasteiger partial charge on any atom is 0.269 e. The number of hydrogen-bond acceptors (Lipinski definition) is 4. The molecule has 0 unspecified atom stereocenters. The van der Waals surface area contributed by atoms with Crippen LogP contribution < -0.4 is 11.1 Å². The molecule has 1 aromatic heterocycles. The van der Waals surface area contributed by atoms with E-state index in [0.717, 1.165) is 0 Å². The second-order valence-electron chi connectivity index (χ2n) is 2.54. The van der Waals surface area contributed by atoms with E-state index in [2.05, 4.69) is 22.1 Å². The topological polar surface area (TPSA) is 80.9 Å². The van der Waals surface area contributed by atoms with Gasteiger partial charge in [0.05, 0.1) is 6.54 Å². The number of carbonyl (C=O) groups excluding carboxylic acids is 1. The molecule has 0 aromatic carbocycles. The Morgan fingerprint density at radius 3 is 2.71 bits per heavy atom. The minimum atomic E-state index is -0.606. The third kappa shape index (κ3) is 3.02. The molecule has 0 fully saturated rings. The van der Waals surface area contributed by atoms with Crippen molar-refractivity contribution < 1.29 is 4.79 Å². The highest BCUT2D eigenvalue weighted by Gasteiger charge is 2.02. The van der Waals surface area contributed by atoms with Crippen LogP contribution in [0.2, 0.25) is 0 Å². The Morgan fingerprint density at radius 2 is 2.29 bits per heavy atom. The maximum atomic E-state index is 10.6. The predicted molar refractivity (Wildman–Crippen MR) is 54.0 cm³/mol. The van der Waals surface area contributed by atoms with E-state index < -0.39 is 5.91 Å². The number of nitrogens with two attached hydrogens (primary N) is 1. The SMILES string of the molecule is C=C(Cl)CNc1ccc(C(N)=O)nn1. The van der Waals surface area contributed by atoms with E-state index in [1.807, 2.05) is 0 Å². The van der Waals surface area contributed by atoms with Crippen LogP contribution in [0, 0.1) is 0 Å². The number of primary amides is 1. The zero-order chi connectivity index (χ0) is 10.6. The van der Waals surface area contributed by atoms with Crippen LogP contribution in [0.1, 0.15) is 10.5 Å². The fourth-order valence-corrected chi connectivity index (χ4v) is 0.811. The Bertz CT molecular complexity index is 349. The Hall–Kier alpha value is -1.62. The molecule has 0 spiro atoms. The van der Waals surface area contributed by atoms with Crippen molar-refractivity contribution in [2.45, 2.75) is 0 Å². The number of nitrogens with one attached hydrogen (secondary N) is 1. The molecule has 0 aliphatic rings. The summed E-state index contributed by atoms with van der Waals surface area (Å²) in [5.41, 5.74) is 5.11. The summed E-state index contributed by atoms with van der Waals surface area (Å²) in [6, 6.07) is 3.07. The van der Waals surface area contributed by atoms with Gasteiger partial charge in [0.2, 0.25) is 0 Å². The summed E-state index contributed by atoms with van der Waals surface area (Å²) < 4.78 is 0. The molecule has 0 saturated carbocycles. The summed E-state index contributed by atoms with van der Waals surface area (Å²) in [6.07, 6.45) is 0. The highest BCUT2D eigenvalue weighted by molar-refractivity contribution is 6.29. The van der Waals surface area contributed by atoms with Gasteiger partial charge in [-0.3, -0.25) is 4.79 Å². The van der Waals surface area contributed by atoms with Crippen LogP contribution in [0.4, 0.5) is 5.82 Å². The molecule has 6 heteroatoms. The molecule has 5 nitrogen and oxygen atoms in total. The standard InChI is InChI=1S/C8H9ClN4O/c1-5(9)4-11-7-3-2-6(8(10)14)12-13-7/h2-3H,1,4H2,(H2,10,14)(H,11,13). The Kier molecular flexibility index (Phi) is 3.41. The lowest BCUT2D eigenvalue weighted by Crippen LogP contribution is -2.14. The maximum absolute atomic E-state index is 10.6. The van der Waals surface area contributed by atoms with Crippen molar-refractivity contribution in [3.63, 3.8) is 0 Å². The number of anilines is 1. The molecule has 0 saturated heterocycles. The van der Waals surface area contributed by atoms with Crippen LogP contribution >= 0.6 is 11.6 Å². The third-order valence-corrected chi connectivity index (χ3v) is 1.51. The highest BCUT2D eigenvalue weighted by atomic mass is 35.5. The van der Waals surface area contributed by atoms with Crippen molar-refractivity contribution >= 4 is 23.3 Å². The number of aromatic nitrogens is 2. The molecule has 1 heterocycles. The molecule has 0 aliphatic heterocycles. The molecule has 0 aliphatic carbocycles. The van der Waals surface area contributed by atoms with Gasteiger partial charge in [0.1, 0.15) is 5.82 Å². The molecule has 14 heavy (non-hydrogen) atoms. The van der Waals surface area contributed by atoms with Crippen LogP contribution in [0.25, 0.3) is 0 Å². The first-order chi connectivity index (χ1) is 6.59. The van der Waals surface area contributed by atoms with E-state index in [1.54, 1.807) is 6.07 Å². The van der Waals surface area contributed by atoms with Gasteiger partial charge < -0.3 is 11.1 Å². The van der Waals surface area contributed by atoms with Gasteiger partial charge in [-0.05, 0) is 12.1 Å². The lowest BCUT2D eigenvalue weighted by molar-refractivity contribution is 0.0994. The first-order valence-electron chi connectivity index (χ1n) is 3.80. The predicted octanol–water partition coefficient (Wildman–Crippen LogP) is 0.740. The molecule has 1 aromatic rings. The van der Waals surface area contributed by atoms with E-state index >= 15 is 0 Å². The fraction of sp³-hybridized carbons (Fsp3) is 0.125. The normalized spacial score (nSPS) is 9.50. The summed E-state index contributed by atoms with van der Waals surface area (Å²) >= 11 is 5.53. The molecule has 0 bridgehead atoms. The average Bonchev–Trinajstić information content (AvgIpc) is 2.15. The molecule has 74 valence electrons. The zero-order valence-corrected chi connectivity index (χ0v) is 8.08. The second kappa shape index (κ2) is 4.57. The molecule has 1 rings (SSSR count).